The van der Waals surface area contributed by atoms with Crippen molar-refractivity contribution in [3.05, 3.63) is 0 Å². The van der Waals surface area contributed by atoms with Gasteiger partial charge in [-0.2, -0.15) is 0 Å². The third-order valence-corrected chi connectivity index (χ3v) is 4.94. The van der Waals surface area contributed by atoms with E-state index in [2.05, 4.69) is 13.8 Å². The van der Waals surface area contributed by atoms with Gasteiger partial charge in [-0.3, -0.25) is 4.79 Å². The number of ether oxygens (including phenoxy) is 4. The van der Waals surface area contributed by atoms with Gasteiger partial charge in [-0.15, -0.1) is 0 Å². The van der Waals surface area contributed by atoms with Gasteiger partial charge in [-0.1, -0.05) is 26.7 Å². The van der Waals surface area contributed by atoms with E-state index in [4.69, 9.17) is 23.9 Å². The topological polar surface area (TPSA) is 69.6 Å². The molecule has 0 bridgehead atoms. The van der Waals surface area contributed by atoms with Crippen LogP contribution in [-0.4, -0.2) is 75.7 Å². The van der Waals surface area contributed by atoms with Crippen LogP contribution in [0, 0.1) is 5.92 Å². The maximum Gasteiger partial charge on any atom is 0.311 e. The summed E-state index contributed by atoms with van der Waals surface area (Å²) in [7, 11) is 5.22. The first-order valence-electron chi connectivity index (χ1n) is 9.76. The molecule has 1 heterocycles. The molecule has 0 amide bonds. The van der Waals surface area contributed by atoms with Crippen LogP contribution in [0.4, 0.5) is 0 Å². The van der Waals surface area contributed by atoms with E-state index in [-0.39, 0.29) is 30.3 Å². The molecule has 0 aromatic heterocycles. The molecule has 7 heteroatoms. The van der Waals surface area contributed by atoms with Crippen molar-refractivity contribution >= 4 is 12.0 Å². The Morgan fingerprint density at radius 1 is 1.15 bits per heavy atom. The molecule has 150 valence electrons. The summed E-state index contributed by atoms with van der Waals surface area (Å²) >= 11 is 0. The summed E-state index contributed by atoms with van der Waals surface area (Å²) in [6, 6.07) is 0.429. The molecule has 2 aliphatic rings. The van der Waals surface area contributed by atoms with Gasteiger partial charge in [0.15, 0.2) is 0 Å². The number of esters is 1. The number of amidine groups is 1. The number of methoxy groups -OCH3 is 1. The summed E-state index contributed by atoms with van der Waals surface area (Å²) < 4.78 is 23.4. The molecule has 0 spiro atoms. The van der Waals surface area contributed by atoms with E-state index in [9.17, 15) is 4.79 Å². The average Bonchev–Trinajstić information content (AvgIpc) is 3.06. The molecule has 1 aliphatic heterocycles. The number of hydrogen-bond donors (Lipinski definition) is 0. The Morgan fingerprint density at radius 3 is 2.31 bits per heavy atom. The summed E-state index contributed by atoms with van der Waals surface area (Å²) in [4.78, 5) is 19.0. The lowest BCUT2D eigenvalue weighted by molar-refractivity contribution is -0.174. The van der Waals surface area contributed by atoms with Crippen LogP contribution >= 0.6 is 0 Å². The van der Waals surface area contributed by atoms with E-state index in [1.807, 2.05) is 19.0 Å². The second kappa shape index (κ2) is 10.1. The smallest absolute Gasteiger partial charge is 0.311 e. The number of hydrogen-bond acceptors (Lipinski definition) is 7. The number of nitrogens with zero attached hydrogens (tertiary/aromatic N) is 2. The molecule has 1 saturated carbocycles. The fourth-order valence-corrected chi connectivity index (χ4v) is 3.46. The van der Waals surface area contributed by atoms with Gasteiger partial charge in [0.2, 0.25) is 0 Å². The molecular weight excluding hydrogens is 336 g/mol. The largest absolute Gasteiger partial charge is 0.469 e. The van der Waals surface area contributed by atoms with Crippen LogP contribution in [0.15, 0.2) is 4.99 Å². The molecule has 0 aromatic carbocycles. The summed E-state index contributed by atoms with van der Waals surface area (Å²) in [6.45, 7) is 5.47. The van der Waals surface area contributed by atoms with Gasteiger partial charge < -0.3 is 23.8 Å². The molecule has 0 unspecified atom stereocenters. The number of unbranched alkanes of at least 4 members (excludes halogenated alkanes) is 2. The molecule has 0 saturated heterocycles. The maximum atomic E-state index is 12.4. The molecule has 1 aliphatic carbocycles. The molecule has 7 nitrogen and oxygen atoms in total. The second-order valence-electron chi connectivity index (χ2n) is 7.20. The van der Waals surface area contributed by atoms with Crippen LogP contribution < -0.4 is 0 Å². The Hall–Kier alpha value is -1.34. The highest BCUT2D eigenvalue weighted by atomic mass is 16.6. The van der Waals surface area contributed by atoms with Crippen molar-refractivity contribution in [2.45, 2.75) is 70.3 Å². The van der Waals surface area contributed by atoms with Gasteiger partial charge in [0.1, 0.15) is 18.2 Å². The first kappa shape index (κ1) is 21.0. The van der Waals surface area contributed by atoms with Crippen LogP contribution in [-0.2, 0) is 23.7 Å². The van der Waals surface area contributed by atoms with Gasteiger partial charge in [0.05, 0.1) is 19.1 Å². The third kappa shape index (κ3) is 4.88. The number of carbonyl (C=O) groups excluding carboxylic acids is 1. The second-order valence-corrected chi connectivity index (χ2v) is 7.20. The van der Waals surface area contributed by atoms with Crippen molar-refractivity contribution in [1.82, 2.24) is 4.90 Å². The van der Waals surface area contributed by atoms with E-state index in [1.165, 1.54) is 7.11 Å². The number of carbonyl (C=O) groups is 1. The number of aliphatic imine (C=N–C) groups is 1. The number of fused-ring (bicyclic) bond motifs is 1. The van der Waals surface area contributed by atoms with E-state index < -0.39 is 5.92 Å². The molecule has 1 fully saturated rings. The lowest BCUT2D eigenvalue weighted by Gasteiger charge is -2.41. The quantitative estimate of drug-likeness (QED) is 0.458. The first-order chi connectivity index (χ1) is 12.5. The summed E-state index contributed by atoms with van der Waals surface area (Å²) in [5, 5.41) is 0. The van der Waals surface area contributed by atoms with Crippen LogP contribution in [0.25, 0.3) is 0 Å². The van der Waals surface area contributed by atoms with Gasteiger partial charge in [0.25, 0.3) is 6.02 Å². The first-order valence-corrected chi connectivity index (χ1v) is 9.76. The van der Waals surface area contributed by atoms with Crippen molar-refractivity contribution in [1.29, 1.82) is 0 Å². The van der Waals surface area contributed by atoms with Crippen molar-refractivity contribution in [2.24, 2.45) is 10.9 Å². The van der Waals surface area contributed by atoms with E-state index in [0.29, 0.717) is 25.7 Å². The van der Waals surface area contributed by atoms with Crippen molar-refractivity contribution in [3.8, 4) is 0 Å². The van der Waals surface area contributed by atoms with Crippen LogP contribution in [0.3, 0.4) is 0 Å². The SMILES string of the molecule is CCCCO[C@@H]1[C@H]2N=C(N(C)C)O[C@H]2C[C@H](C(=O)OC)[C@H]1OCCCC. The Bertz CT molecular complexity index is 483. The van der Waals surface area contributed by atoms with Crippen LogP contribution in [0.5, 0.6) is 0 Å². The molecule has 0 aromatic rings. The average molecular weight is 370 g/mol. The Kier molecular flexibility index (Phi) is 8.15. The van der Waals surface area contributed by atoms with E-state index >= 15 is 0 Å². The predicted molar refractivity (Wildman–Crippen MR) is 99.2 cm³/mol. The fraction of sp³-hybridized carbons (Fsp3) is 0.895. The molecule has 5 atom stereocenters. The minimum Gasteiger partial charge on any atom is -0.469 e. The zero-order chi connectivity index (χ0) is 19.1. The van der Waals surface area contributed by atoms with Gasteiger partial charge in [-0.05, 0) is 12.8 Å². The summed E-state index contributed by atoms with van der Waals surface area (Å²) in [5.41, 5.74) is 0. The zero-order valence-electron chi connectivity index (χ0n) is 16.8. The normalized spacial score (nSPS) is 30.3. The Labute approximate surface area is 157 Å². The lowest BCUT2D eigenvalue weighted by Crippen LogP contribution is -2.56. The molecule has 26 heavy (non-hydrogen) atoms. The predicted octanol–water partition coefficient (Wildman–Crippen LogP) is 2.23. The minimum absolute atomic E-state index is 0.156. The van der Waals surface area contributed by atoms with Crippen LogP contribution in [0.2, 0.25) is 0 Å². The zero-order valence-corrected chi connectivity index (χ0v) is 16.8. The number of rotatable bonds is 9. The maximum absolute atomic E-state index is 12.4. The molecule has 0 radical (unpaired) electrons. The van der Waals surface area contributed by atoms with Gasteiger partial charge in [-0.25, -0.2) is 4.99 Å². The van der Waals surface area contributed by atoms with Crippen molar-refractivity contribution in [2.75, 3.05) is 34.4 Å². The van der Waals surface area contributed by atoms with Gasteiger partial charge in [0, 0.05) is 33.7 Å². The highest BCUT2D eigenvalue weighted by Crippen LogP contribution is 2.37. The molecule has 0 N–H and O–H groups in total. The van der Waals surface area contributed by atoms with Crippen LogP contribution in [0.1, 0.15) is 46.0 Å². The monoisotopic (exact) mass is 370 g/mol. The minimum atomic E-state index is -0.401. The summed E-state index contributed by atoms with van der Waals surface area (Å²) in [5.74, 6) is -0.669. The highest BCUT2D eigenvalue weighted by molar-refractivity contribution is 5.77. The molecular formula is C19H34N2O5. The lowest BCUT2D eigenvalue weighted by atomic mass is 9.79. The van der Waals surface area contributed by atoms with E-state index in [0.717, 1.165) is 25.7 Å². The third-order valence-electron chi connectivity index (χ3n) is 4.94. The van der Waals surface area contributed by atoms with Crippen molar-refractivity contribution < 1.29 is 23.7 Å². The Balaban J connectivity index is 2.24. The highest BCUT2D eigenvalue weighted by Gasteiger charge is 2.53. The standard InChI is InChI=1S/C19H34N2O5/c1-6-8-10-24-16-13(18(22)23-5)12-14-15(17(16)25-11-9-7-2)20-19(26-14)21(3)4/h13-17H,6-12H2,1-5H3/t13-,14-,15-,16+,17+/m0/s1. The summed E-state index contributed by atoms with van der Waals surface area (Å²) in [6.07, 6.45) is 3.67. The van der Waals surface area contributed by atoms with Crippen molar-refractivity contribution in [3.63, 3.8) is 0 Å². The Morgan fingerprint density at radius 2 is 1.77 bits per heavy atom. The fourth-order valence-electron chi connectivity index (χ4n) is 3.46. The van der Waals surface area contributed by atoms with Gasteiger partial charge >= 0.3 is 5.97 Å². The molecule has 2 rings (SSSR count). The van der Waals surface area contributed by atoms with E-state index in [1.54, 1.807) is 0 Å².